The van der Waals surface area contributed by atoms with Crippen molar-refractivity contribution in [1.82, 2.24) is 0 Å². The van der Waals surface area contributed by atoms with Crippen molar-refractivity contribution in [2.24, 2.45) is 0 Å². The quantitative estimate of drug-likeness (QED) is 0.875. The maximum atomic E-state index is 12.2. The molecule has 2 aromatic carbocycles. The summed E-state index contributed by atoms with van der Waals surface area (Å²) in [6, 6.07) is 10.6. The maximum absolute atomic E-state index is 12.2. The van der Waals surface area contributed by atoms with Gasteiger partial charge in [-0.1, -0.05) is 30.3 Å². The minimum atomic E-state index is -5.00. The number of rotatable bonds is 2. The molecule has 2 N–H and O–H groups in total. The summed E-state index contributed by atoms with van der Waals surface area (Å²) in [5, 5.41) is 19.1. The molecule has 0 radical (unpaired) electrons. The molecule has 0 fully saturated rings. The molecule has 0 heterocycles. The van der Waals surface area contributed by atoms with Gasteiger partial charge in [-0.25, -0.2) is 0 Å². The van der Waals surface area contributed by atoms with E-state index in [1.807, 2.05) is 0 Å². The second kappa shape index (κ2) is 4.72. The van der Waals surface area contributed by atoms with Crippen molar-refractivity contribution < 1.29 is 28.1 Å². The Morgan fingerprint density at radius 3 is 2.11 bits per heavy atom. The molecule has 0 saturated carbocycles. The first-order chi connectivity index (χ1) is 8.88. The Labute approximate surface area is 106 Å². The van der Waals surface area contributed by atoms with Crippen LogP contribution in [0.2, 0.25) is 0 Å². The molecule has 0 aromatic heterocycles. The third-order valence-corrected chi connectivity index (χ3v) is 2.41. The SMILES string of the molecule is Oc1ccc(-c2ccccc2)c(O)c1OC(F)(F)F. The van der Waals surface area contributed by atoms with Gasteiger partial charge >= 0.3 is 6.36 Å². The Balaban J connectivity index is 2.52. The van der Waals surface area contributed by atoms with Crippen molar-refractivity contribution >= 4 is 0 Å². The van der Waals surface area contributed by atoms with Gasteiger partial charge in [0.15, 0.2) is 11.5 Å². The number of benzene rings is 2. The summed E-state index contributed by atoms with van der Waals surface area (Å²) in [4.78, 5) is 0. The van der Waals surface area contributed by atoms with Gasteiger partial charge in [0.1, 0.15) is 0 Å². The Morgan fingerprint density at radius 1 is 0.895 bits per heavy atom. The summed E-state index contributed by atoms with van der Waals surface area (Å²) in [5.41, 5.74) is 0.643. The average molecular weight is 270 g/mol. The van der Waals surface area contributed by atoms with E-state index >= 15 is 0 Å². The highest BCUT2D eigenvalue weighted by Crippen LogP contribution is 2.45. The summed E-state index contributed by atoms with van der Waals surface area (Å²) in [5.74, 6) is -2.55. The molecule has 2 rings (SSSR count). The van der Waals surface area contributed by atoms with E-state index in [1.54, 1.807) is 30.3 Å². The van der Waals surface area contributed by atoms with E-state index in [4.69, 9.17) is 0 Å². The topological polar surface area (TPSA) is 49.7 Å². The Morgan fingerprint density at radius 2 is 1.53 bits per heavy atom. The summed E-state index contributed by atoms with van der Waals surface area (Å²) in [7, 11) is 0. The Bertz CT molecular complexity index is 580. The number of hydrogen-bond acceptors (Lipinski definition) is 3. The lowest BCUT2D eigenvalue weighted by atomic mass is 10.0. The highest BCUT2D eigenvalue weighted by atomic mass is 19.4. The third-order valence-electron chi connectivity index (χ3n) is 2.41. The molecule has 0 saturated heterocycles. The zero-order valence-electron chi connectivity index (χ0n) is 9.48. The van der Waals surface area contributed by atoms with Crippen molar-refractivity contribution in [2.75, 3.05) is 0 Å². The molecule has 3 nitrogen and oxygen atoms in total. The number of ether oxygens (including phenoxy) is 1. The summed E-state index contributed by atoms with van der Waals surface area (Å²) in [6.07, 6.45) is -5.00. The molecule has 0 aliphatic rings. The van der Waals surface area contributed by atoms with Crippen LogP contribution in [0.3, 0.4) is 0 Å². The van der Waals surface area contributed by atoms with Gasteiger partial charge in [-0.05, 0) is 17.7 Å². The Kier molecular flexibility index (Phi) is 3.25. The molecule has 2 aromatic rings. The first kappa shape index (κ1) is 13.1. The van der Waals surface area contributed by atoms with E-state index in [-0.39, 0.29) is 5.56 Å². The normalized spacial score (nSPS) is 11.3. The number of halogens is 3. The van der Waals surface area contributed by atoms with E-state index in [2.05, 4.69) is 4.74 Å². The van der Waals surface area contributed by atoms with Crippen LogP contribution in [0.25, 0.3) is 11.1 Å². The lowest BCUT2D eigenvalue weighted by molar-refractivity contribution is -0.275. The molecule has 100 valence electrons. The third kappa shape index (κ3) is 2.90. The highest BCUT2D eigenvalue weighted by Gasteiger charge is 2.34. The van der Waals surface area contributed by atoms with Crippen LogP contribution in [0.1, 0.15) is 0 Å². The van der Waals surface area contributed by atoms with Crippen LogP contribution in [0.4, 0.5) is 13.2 Å². The largest absolute Gasteiger partial charge is 0.573 e. The van der Waals surface area contributed by atoms with E-state index < -0.39 is 23.6 Å². The van der Waals surface area contributed by atoms with E-state index in [1.165, 1.54) is 6.07 Å². The lowest BCUT2D eigenvalue weighted by Crippen LogP contribution is -2.17. The van der Waals surface area contributed by atoms with Crippen LogP contribution in [0.15, 0.2) is 42.5 Å². The van der Waals surface area contributed by atoms with Crippen molar-refractivity contribution in [3.8, 4) is 28.4 Å². The second-order valence-corrected chi connectivity index (χ2v) is 3.72. The summed E-state index contributed by atoms with van der Waals surface area (Å²) >= 11 is 0. The van der Waals surface area contributed by atoms with Crippen molar-refractivity contribution in [3.05, 3.63) is 42.5 Å². The zero-order chi connectivity index (χ0) is 14.0. The number of phenols is 2. The van der Waals surface area contributed by atoms with Crippen LogP contribution < -0.4 is 4.74 Å². The van der Waals surface area contributed by atoms with Crippen molar-refractivity contribution in [1.29, 1.82) is 0 Å². The molecule has 0 aliphatic heterocycles. The van der Waals surface area contributed by atoms with Crippen molar-refractivity contribution in [3.63, 3.8) is 0 Å². The standard InChI is InChI=1S/C13H9F3O3/c14-13(15,16)19-12-10(17)7-6-9(11(12)18)8-4-2-1-3-5-8/h1-7,17-18H. The predicted octanol–water partition coefficient (Wildman–Crippen LogP) is 3.66. The number of phenolic OH excluding ortho intramolecular Hbond substituents is 2. The number of alkyl halides is 3. The average Bonchev–Trinajstić information content (AvgIpc) is 2.34. The van der Waals surface area contributed by atoms with E-state index in [9.17, 15) is 23.4 Å². The molecule has 0 atom stereocenters. The molecular formula is C13H9F3O3. The predicted molar refractivity (Wildman–Crippen MR) is 61.9 cm³/mol. The summed E-state index contributed by atoms with van der Waals surface area (Å²) < 4.78 is 40.2. The van der Waals surface area contributed by atoms with Gasteiger partial charge in [0.2, 0.25) is 5.75 Å². The van der Waals surface area contributed by atoms with E-state index in [0.717, 1.165) is 6.07 Å². The summed E-state index contributed by atoms with van der Waals surface area (Å²) in [6.45, 7) is 0. The van der Waals surface area contributed by atoms with Crippen LogP contribution in [-0.2, 0) is 0 Å². The fourth-order valence-corrected chi connectivity index (χ4v) is 1.63. The zero-order valence-corrected chi connectivity index (χ0v) is 9.48. The Hall–Kier alpha value is -2.37. The van der Waals surface area contributed by atoms with Gasteiger partial charge < -0.3 is 14.9 Å². The fourth-order valence-electron chi connectivity index (χ4n) is 1.63. The molecular weight excluding hydrogens is 261 g/mol. The molecule has 0 unspecified atom stereocenters. The van der Waals surface area contributed by atoms with Crippen molar-refractivity contribution in [2.45, 2.75) is 6.36 Å². The monoisotopic (exact) mass is 270 g/mol. The first-order valence-electron chi connectivity index (χ1n) is 5.24. The van der Waals surface area contributed by atoms with E-state index in [0.29, 0.717) is 5.56 Å². The molecule has 6 heteroatoms. The fraction of sp³-hybridized carbons (Fsp3) is 0.0769. The smallest absolute Gasteiger partial charge is 0.504 e. The highest BCUT2D eigenvalue weighted by molar-refractivity contribution is 5.75. The second-order valence-electron chi connectivity index (χ2n) is 3.72. The molecule has 19 heavy (non-hydrogen) atoms. The van der Waals surface area contributed by atoms with Crippen LogP contribution in [0.5, 0.6) is 17.2 Å². The number of aromatic hydroxyl groups is 2. The van der Waals surface area contributed by atoms with Gasteiger partial charge in [-0.2, -0.15) is 0 Å². The minimum Gasteiger partial charge on any atom is -0.504 e. The van der Waals surface area contributed by atoms with Gasteiger partial charge in [0.05, 0.1) is 0 Å². The van der Waals surface area contributed by atoms with Crippen LogP contribution >= 0.6 is 0 Å². The van der Waals surface area contributed by atoms with Gasteiger partial charge in [0.25, 0.3) is 0 Å². The van der Waals surface area contributed by atoms with Crippen LogP contribution in [-0.4, -0.2) is 16.6 Å². The maximum Gasteiger partial charge on any atom is 0.573 e. The van der Waals surface area contributed by atoms with Gasteiger partial charge in [0, 0.05) is 5.56 Å². The molecule has 0 aliphatic carbocycles. The minimum absolute atomic E-state index is 0.137. The molecule has 0 amide bonds. The van der Waals surface area contributed by atoms with Gasteiger partial charge in [-0.3, -0.25) is 0 Å². The van der Waals surface area contributed by atoms with Crippen LogP contribution in [0, 0.1) is 0 Å². The van der Waals surface area contributed by atoms with Gasteiger partial charge in [-0.15, -0.1) is 13.2 Å². The number of hydrogen-bond donors (Lipinski definition) is 2. The lowest BCUT2D eigenvalue weighted by Gasteiger charge is -2.14. The first-order valence-corrected chi connectivity index (χ1v) is 5.24. The molecule has 0 bridgehead atoms. The molecule has 0 spiro atoms.